The van der Waals surface area contributed by atoms with Crippen molar-refractivity contribution in [3.8, 4) is 28.3 Å². The molecule has 3 aromatic carbocycles. The third-order valence-corrected chi connectivity index (χ3v) is 9.61. The smallest absolute Gasteiger partial charge is 0.251 e. The quantitative estimate of drug-likeness (QED) is 0.105. The number of hydrogen-bond donors (Lipinski definition) is 1. The van der Waals surface area contributed by atoms with Crippen LogP contribution in [0, 0.1) is 0 Å². The molecule has 1 aliphatic rings. The summed E-state index contributed by atoms with van der Waals surface area (Å²) in [7, 11) is 0. The molecule has 0 bridgehead atoms. The van der Waals surface area contributed by atoms with Crippen LogP contribution in [0.25, 0.3) is 22.5 Å². The lowest BCUT2D eigenvalue weighted by Gasteiger charge is -2.28. The molecule has 4 aromatic rings. The summed E-state index contributed by atoms with van der Waals surface area (Å²) in [5.41, 5.74) is 5.58. The largest absolute Gasteiger partial charge is 0.494 e. The normalized spacial score (nSPS) is 14.6. The van der Waals surface area contributed by atoms with Crippen LogP contribution in [0.4, 0.5) is 0 Å². The Hall–Kier alpha value is -4.85. The van der Waals surface area contributed by atoms with Crippen LogP contribution in [0.5, 0.6) is 5.75 Å². The molecule has 0 spiro atoms. The number of benzene rings is 3. The zero-order valence-electron chi connectivity index (χ0n) is 30.4. The summed E-state index contributed by atoms with van der Waals surface area (Å²) in [5, 5.41) is 2.96. The predicted octanol–water partition coefficient (Wildman–Crippen LogP) is 8.42. The van der Waals surface area contributed by atoms with Crippen molar-refractivity contribution in [2.45, 2.75) is 103 Å². The van der Waals surface area contributed by atoms with E-state index < -0.39 is 12.1 Å². The highest BCUT2D eigenvalue weighted by Gasteiger charge is 2.36. The lowest BCUT2D eigenvalue weighted by atomic mass is 10.0. The number of nitrogens with one attached hydrogen (secondary N) is 1. The molecule has 0 saturated carbocycles. The molecule has 2 amide bonds. The number of carbonyl (C=O) groups excluding carboxylic acids is 3. The molecule has 0 radical (unpaired) electrons. The van der Waals surface area contributed by atoms with Crippen LogP contribution in [0.2, 0.25) is 0 Å². The van der Waals surface area contributed by atoms with Crippen molar-refractivity contribution in [2.75, 3.05) is 13.2 Å². The van der Waals surface area contributed by atoms with Gasteiger partial charge in [0.15, 0.2) is 11.6 Å². The van der Waals surface area contributed by atoms with Crippen molar-refractivity contribution in [3.05, 3.63) is 102 Å². The number of Topliss-reactive ketones (excluding diaryl/α,β-unsaturated/α-hetero) is 1. The van der Waals surface area contributed by atoms with E-state index in [1.807, 2.05) is 43.6 Å². The highest BCUT2D eigenvalue weighted by molar-refractivity contribution is 5.98. The van der Waals surface area contributed by atoms with Gasteiger partial charge >= 0.3 is 0 Å². The molecule has 268 valence electrons. The standard InChI is InChI=1S/C43H52N4O4/c1-4-6-7-8-9-10-12-32-14-18-34(19-15-32)37-29-44-41(45-30-37)35-20-16-33(17-21-35)28-39(43(50)47-26-11-13-40(47)31(3)48)46-42(49)36-22-24-38(25-23-36)51-27-5-2/h14-25,29-30,39-40H,4-13,26-28H2,1-3H3,(H,46,49)/t39-,40-/m0/s1. The van der Waals surface area contributed by atoms with Crippen molar-refractivity contribution in [1.82, 2.24) is 20.2 Å². The van der Waals surface area contributed by atoms with Gasteiger partial charge in [0.05, 0.1) is 12.6 Å². The number of amides is 2. The second-order valence-corrected chi connectivity index (χ2v) is 13.6. The lowest BCUT2D eigenvalue weighted by Crippen LogP contribution is -2.52. The van der Waals surface area contributed by atoms with Crippen LogP contribution in [0.3, 0.4) is 0 Å². The van der Waals surface area contributed by atoms with E-state index in [9.17, 15) is 14.4 Å². The van der Waals surface area contributed by atoms with Crippen molar-refractivity contribution >= 4 is 17.6 Å². The molecule has 0 unspecified atom stereocenters. The number of likely N-dealkylation sites (tertiary alicyclic amines) is 1. The Kier molecular flexibility index (Phi) is 13.9. The zero-order valence-corrected chi connectivity index (χ0v) is 30.4. The van der Waals surface area contributed by atoms with Crippen molar-refractivity contribution < 1.29 is 19.1 Å². The summed E-state index contributed by atoms with van der Waals surface area (Å²) in [6.07, 6.45) is 15.2. The summed E-state index contributed by atoms with van der Waals surface area (Å²) >= 11 is 0. The number of aryl methyl sites for hydroxylation is 1. The van der Waals surface area contributed by atoms with Gasteiger partial charge in [-0.25, -0.2) is 9.97 Å². The van der Waals surface area contributed by atoms with Crippen molar-refractivity contribution in [3.63, 3.8) is 0 Å². The Balaban J connectivity index is 1.23. The first-order valence-corrected chi connectivity index (χ1v) is 18.7. The van der Waals surface area contributed by atoms with Crippen molar-refractivity contribution in [1.29, 1.82) is 0 Å². The summed E-state index contributed by atoms with van der Waals surface area (Å²) in [5.74, 6) is 0.658. The number of hydrogen-bond acceptors (Lipinski definition) is 6. The number of carbonyl (C=O) groups is 3. The highest BCUT2D eigenvalue weighted by atomic mass is 16.5. The van der Waals surface area contributed by atoms with E-state index in [2.05, 4.69) is 46.5 Å². The topological polar surface area (TPSA) is 101 Å². The number of ether oxygens (including phenoxy) is 1. The van der Waals surface area contributed by atoms with Crippen LogP contribution in [-0.4, -0.2) is 57.7 Å². The predicted molar refractivity (Wildman–Crippen MR) is 203 cm³/mol. The molecule has 2 atom stereocenters. The Bertz CT molecular complexity index is 1700. The van der Waals surface area contributed by atoms with Crippen LogP contribution in [0.15, 0.2) is 85.2 Å². The molecule has 51 heavy (non-hydrogen) atoms. The number of ketones is 1. The van der Waals surface area contributed by atoms with Crippen molar-refractivity contribution in [2.24, 2.45) is 0 Å². The van der Waals surface area contributed by atoms with Gasteiger partial charge in [0.1, 0.15) is 11.8 Å². The van der Waals surface area contributed by atoms with Gasteiger partial charge in [-0.05, 0) is 80.0 Å². The minimum absolute atomic E-state index is 0.0375. The average Bonchev–Trinajstić information content (AvgIpc) is 3.66. The molecule has 0 aliphatic carbocycles. The van der Waals surface area contributed by atoms with Crippen LogP contribution in [-0.2, 0) is 22.4 Å². The number of aromatic nitrogens is 2. The maximum atomic E-state index is 13.9. The molecule has 8 heteroatoms. The molecule has 1 N–H and O–H groups in total. The molecular weight excluding hydrogens is 636 g/mol. The van der Waals surface area contributed by atoms with E-state index in [1.54, 1.807) is 29.2 Å². The Morgan fingerprint density at radius 1 is 0.784 bits per heavy atom. The molecule has 1 saturated heterocycles. The molecule has 2 heterocycles. The van der Waals surface area contributed by atoms with Gasteiger partial charge in [-0.2, -0.15) is 0 Å². The van der Waals surface area contributed by atoms with Crippen LogP contribution in [0.1, 0.15) is 100 Å². The SMILES string of the molecule is CCCCCCCCc1ccc(-c2cnc(-c3ccc(C[C@H](NC(=O)c4ccc(OCCC)cc4)C(=O)N4CCC[C@H]4C(C)=O)cc3)nc2)cc1. The van der Waals surface area contributed by atoms with Gasteiger partial charge in [-0.15, -0.1) is 0 Å². The molecule has 1 fully saturated rings. The molecule has 1 aromatic heterocycles. The highest BCUT2D eigenvalue weighted by Crippen LogP contribution is 2.24. The molecule has 8 nitrogen and oxygen atoms in total. The van der Waals surface area contributed by atoms with Gasteiger partial charge in [0.2, 0.25) is 5.91 Å². The van der Waals surface area contributed by atoms with Gasteiger partial charge in [0.25, 0.3) is 5.91 Å². The van der Waals surface area contributed by atoms with E-state index in [0.717, 1.165) is 41.5 Å². The van der Waals surface area contributed by atoms with Crippen LogP contribution < -0.4 is 10.1 Å². The molecule has 5 rings (SSSR count). The number of nitrogens with zero attached hydrogens (tertiary/aromatic N) is 3. The van der Waals surface area contributed by atoms with Gasteiger partial charge in [-0.3, -0.25) is 14.4 Å². The van der Waals surface area contributed by atoms with Gasteiger partial charge in [-0.1, -0.05) is 94.5 Å². The van der Waals surface area contributed by atoms with E-state index >= 15 is 0 Å². The summed E-state index contributed by atoms with van der Waals surface area (Å²) in [6, 6.07) is 22.1. The summed E-state index contributed by atoms with van der Waals surface area (Å²) in [6.45, 7) is 6.90. The monoisotopic (exact) mass is 688 g/mol. The van der Waals surface area contributed by atoms with Gasteiger partial charge < -0.3 is 15.0 Å². The number of unbranched alkanes of at least 4 members (excludes halogenated alkanes) is 5. The fraction of sp³-hybridized carbons (Fsp3) is 0.419. The minimum Gasteiger partial charge on any atom is -0.494 e. The zero-order chi connectivity index (χ0) is 36.0. The summed E-state index contributed by atoms with van der Waals surface area (Å²) in [4.78, 5) is 50.5. The second-order valence-electron chi connectivity index (χ2n) is 13.6. The lowest BCUT2D eigenvalue weighted by molar-refractivity contribution is -0.138. The maximum Gasteiger partial charge on any atom is 0.251 e. The first-order chi connectivity index (χ1) is 24.9. The third kappa shape index (κ3) is 10.6. The first kappa shape index (κ1) is 37.4. The minimum atomic E-state index is -0.841. The number of rotatable bonds is 18. The third-order valence-electron chi connectivity index (χ3n) is 9.61. The Morgan fingerprint density at radius 2 is 1.43 bits per heavy atom. The Labute approximate surface area is 303 Å². The first-order valence-electron chi connectivity index (χ1n) is 18.7. The fourth-order valence-corrected chi connectivity index (χ4v) is 6.64. The van der Waals surface area contributed by atoms with Crippen LogP contribution >= 0.6 is 0 Å². The second kappa shape index (κ2) is 18.9. The molecule has 1 aliphatic heterocycles. The average molecular weight is 689 g/mol. The van der Waals surface area contributed by atoms with Gasteiger partial charge in [0, 0.05) is 42.0 Å². The summed E-state index contributed by atoms with van der Waals surface area (Å²) < 4.78 is 5.65. The Morgan fingerprint density at radius 3 is 2.10 bits per heavy atom. The molecular formula is C43H52N4O4. The fourth-order valence-electron chi connectivity index (χ4n) is 6.64. The van der Waals surface area contributed by atoms with E-state index in [0.29, 0.717) is 36.7 Å². The van der Waals surface area contributed by atoms with E-state index in [1.165, 1.54) is 51.0 Å². The maximum absolute atomic E-state index is 13.9. The van der Waals surface area contributed by atoms with E-state index in [-0.39, 0.29) is 24.0 Å². The van der Waals surface area contributed by atoms with E-state index in [4.69, 9.17) is 4.74 Å².